The van der Waals surface area contributed by atoms with Crippen LogP contribution in [0, 0.1) is 12.7 Å². The standard InChI is InChI=1S/C27H22FN7O2/c1-16-5-4-8-22(29-16)25-32-31-24-15-34(11-12-35(24)25)27(37)20-13-17(9-10-21(20)28)14-23-18-6-2-3-7-19(18)26(36)33-30-23/h2-10,13H,11-12,14-15H2,1H3,(H,33,36). The highest BCUT2D eigenvalue weighted by molar-refractivity contribution is 5.94. The number of aromatic nitrogens is 6. The van der Waals surface area contributed by atoms with E-state index in [-0.39, 0.29) is 17.7 Å². The van der Waals surface area contributed by atoms with Crippen LogP contribution in [0.4, 0.5) is 4.39 Å². The van der Waals surface area contributed by atoms with Crippen LogP contribution in [0.3, 0.4) is 0 Å². The molecule has 5 aromatic rings. The van der Waals surface area contributed by atoms with Crippen molar-refractivity contribution >= 4 is 16.7 Å². The Morgan fingerprint density at radius 2 is 1.86 bits per heavy atom. The molecule has 3 aromatic heterocycles. The van der Waals surface area contributed by atoms with E-state index < -0.39 is 11.7 Å². The molecule has 9 nitrogen and oxygen atoms in total. The van der Waals surface area contributed by atoms with Gasteiger partial charge < -0.3 is 9.47 Å². The lowest BCUT2D eigenvalue weighted by Crippen LogP contribution is -2.39. The molecule has 0 bridgehead atoms. The van der Waals surface area contributed by atoms with Crippen LogP contribution in [0.1, 0.15) is 33.1 Å². The summed E-state index contributed by atoms with van der Waals surface area (Å²) in [5.74, 6) is 0.269. The van der Waals surface area contributed by atoms with Crippen LogP contribution in [0.25, 0.3) is 22.3 Å². The van der Waals surface area contributed by atoms with Crippen molar-refractivity contribution < 1.29 is 9.18 Å². The maximum absolute atomic E-state index is 14.8. The molecule has 2 aromatic carbocycles. The van der Waals surface area contributed by atoms with E-state index in [1.165, 1.54) is 6.07 Å². The molecule has 0 saturated heterocycles. The van der Waals surface area contributed by atoms with Crippen LogP contribution in [-0.2, 0) is 19.5 Å². The van der Waals surface area contributed by atoms with E-state index >= 15 is 0 Å². The van der Waals surface area contributed by atoms with Gasteiger partial charge in [0.05, 0.1) is 23.2 Å². The maximum Gasteiger partial charge on any atom is 0.272 e. The van der Waals surface area contributed by atoms with E-state index in [1.807, 2.05) is 41.8 Å². The van der Waals surface area contributed by atoms with Gasteiger partial charge in [-0.1, -0.05) is 30.3 Å². The number of carbonyl (C=O) groups is 1. The quantitative estimate of drug-likeness (QED) is 0.410. The number of amides is 1. The Hall–Kier alpha value is -4.73. The summed E-state index contributed by atoms with van der Waals surface area (Å²) in [6.07, 6.45) is 0.332. The molecule has 1 aliphatic heterocycles. The molecule has 1 amide bonds. The number of fused-ring (bicyclic) bond motifs is 2. The number of H-pyrrole nitrogens is 1. The van der Waals surface area contributed by atoms with Crippen LogP contribution in [0.15, 0.2) is 65.5 Å². The maximum atomic E-state index is 14.8. The zero-order valence-corrected chi connectivity index (χ0v) is 20.0. The van der Waals surface area contributed by atoms with E-state index in [2.05, 4.69) is 25.4 Å². The lowest BCUT2D eigenvalue weighted by molar-refractivity contribution is 0.0703. The first-order chi connectivity index (χ1) is 18.0. The predicted octanol–water partition coefficient (Wildman–Crippen LogP) is 3.27. The van der Waals surface area contributed by atoms with Gasteiger partial charge >= 0.3 is 0 Å². The number of benzene rings is 2. The number of carbonyl (C=O) groups excluding carboxylic acids is 1. The topological polar surface area (TPSA) is 110 Å². The van der Waals surface area contributed by atoms with Crippen LogP contribution >= 0.6 is 0 Å². The van der Waals surface area contributed by atoms with Gasteiger partial charge in [-0.3, -0.25) is 9.59 Å². The van der Waals surface area contributed by atoms with Crippen LogP contribution in [-0.4, -0.2) is 47.3 Å². The number of hydrogen-bond donors (Lipinski definition) is 1. The third-order valence-corrected chi connectivity index (χ3v) is 6.57. The summed E-state index contributed by atoms with van der Waals surface area (Å²) in [5.41, 5.74) is 2.67. The van der Waals surface area contributed by atoms with Crippen molar-refractivity contribution in [1.82, 2.24) is 34.8 Å². The van der Waals surface area contributed by atoms with Crippen LogP contribution in [0.2, 0.25) is 0 Å². The average molecular weight is 496 g/mol. The highest BCUT2D eigenvalue weighted by Gasteiger charge is 2.27. The van der Waals surface area contributed by atoms with Gasteiger partial charge in [0.1, 0.15) is 11.5 Å². The number of halogens is 1. The number of pyridine rings is 1. The van der Waals surface area contributed by atoms with Crippen molar-refractivity contribution in [3.63, 3.8) is 0 Å². The molecular formula is C27H22FN7O2. The molecule has 4 heterocycles. The fraction of sp³-hybridized carbons (Fsp3) is 0.185. The molecule has 0 fully saturated rings. The Bertz CT molecular complexity index is 1730. The summed E-state index contributed by atoms with van der Waals surface area (Å²) in [5, 5.41) is 16.5. The minimum Gasteiger partial charge on any atom is -0.329 e. The van der Waals surface area contributed by atoms with Crippen LogP contribution < -0.4 is 5.56 Å². The molecule has 6 rings (SSSR count). The second kappa shape index (κ2) is 9.05. The zero-order valence-electron chi connectivity index (χ0n) is 20.0. The summed E-state index contributed by atoms with van der Waals surface area (Å²) in [6.45, 7) is 3.00. The number of nitrogens with one attached hydrogen (secondary N) is 1. The molecule has 0 atom stereocenters. The zero-order chi connectivity index (χ0) is 25.5. The monoisotopic (exact) mass is 495 g/mol. The van der Waals surface area contributed by atoms with Gasteiger partial charge in [-0.25, -0.2) is 14.5 Å². The molecule has 0 saturated carbocycles. The molecule has 0 aliphatic carbocycles. The first kappa shape index (κ1) is 22.7. The molecule has 184 valence electrons. The third-order valence-electron chi connectivity index (χ3n) is 6.57. The summed E-state index contributed by atoms with van der Waals surface area (Å²) < 4.78 is 16.8. The number of rotatable bonds is 4. The van der Waals surface area contributed by atoms with Crippen molar-refractivity contribution in [2.45, 2.75) is 26.4 Å². The normalized spacial score (nSPS) is 13.1. The Morgan fingerprint density at radius 1 is 1.03 bits per heavy atom. The summed E-state index contributed by atoms with van der Waals surface area (Å²) in [6, 6.07) is 17.4. The molecule has 1 aliphatic rings. The first-order valence-corrected chi connectivity index (χ1v) is 11.9. The van der Waals surface area contributed by atoms with Crippen LogP contribution in [0.5, 0.6) is 0 Å². The predicted molar refractivity (Wildman–Crippen MR) is 134 cm³/mol. The Kier molecular flexibility index (Phi) is 5.56. The number of aromatic amines is 1. The fourth-order valence-electron chi connectivity index (χ4n) is 4.70. The molecule has 37 heavy (non-hydrogen) atoms. The van der Waals surface area contributed by atoms with Gasteiger partial charge in [0.25, 0.3) is 11.5 Å². The highest BCUT2D eigenvalue weighted by Crippen LogP contribution is 2.24. The SMILES string of the molecule is Cc1cccc(-c2nnc3n2CCN(C(=O)c2cc(Cc4n[nH]c(=O)c5ccccc45)ccc2F)C3)n1. The largest absolute Gasteiger partial charge is 0.329 e. The average Bonchev–Trinajstić information content (AvgIpc) is 3.34. The number of hydrogen-bond acceptors (Lipinski definition) is 6. The highest BCUT2D eigenvalue weighted by atomic mass is 19.1. The van der Waals surface area contributed by atoms with Crippen molar-refractivity contribution in [2.24, 2.45) is 0 Å². The second-order valence-electron chi connectivity index (χ2n) is 9.02. The van der Waals surface area contributed by atoms with E-state index in [1.54, 1.807) is 29.2 Å². The van der Waals surface area contributed by atoms with Crippen molar-refractivity contribution in [3.8, 4) is 11.5 Å². The van der Waals surface area contributed by atoms with E-state index in [0.29, 0.717) is 47.8 Å². The van der Waals surface area contributed by atoms with Gasteiger partial charge in [0, 0.05) is 30.6 Å². The van der Waals surface area contributed by atoms with E-state index in [9.17, 15) is 14.0 Å². The minimum absolute atomic E-state index is 0.0141. The first-order valence-electron chi connectivity index (χ1n) is 11.9. The van der Waals surface area contributed by atoms with Gasteiger partial charge in [-0.2, -0.15) is 5.10 Å². The van der Waals surface area contributed by atoms with Gasteiger partial charge in [0.2, 0.25) is 0 Å². The molecule has 0 radical (unpaired) electrons. The van der Waals surface area contributed by atoms with E-state index in [4.69, 9.17) is 0 Å². The Labute approximate surface area is 210 Å². The molecule has 0 spiro atoms. The lowest BCUT2D eigenvalue weighted by atomic mass is 10.0. The summed E-state index contributed by atoms with van der Waals surface area (Å²) >= 11 is 0. The molecule has 10 heteroatoms. The number of aryl methyl sites for hydroxylation is 1. The lowest BCUT2D eigenvalue weighted by Gasteiger charge is -2.28. The smallest absolute Gasteiger partial charge is 0.272 e. The summed E-state index contributed by atoms with van der Waals surface area (Å²) in [4.78, 5) is 31.6. The Morgan fingerprint density at radius 3 is 2.70 bits per heavy atom. The van der Waals surface area contributed by atoms with Crippen molar-refractivity contribution in [2.75, 3.05) is 6.54 Å². The van der Waals surface area contributed by atoms with Crippen molar-refractivity contribution in [3.05, 3.63) is 105 Å². The van der Waals surface area contributed by atoms with Gasteiger partial charge in [-0.15, -0.1) is 10.2 Å². The third kappa shape index (κ3) is 4.16. The van der Waals surface area contributed by atoms with Crippen molar-refractivity contribution in [1.29, 1.82) is 0 Å². The Balaban J connectivity index is 1.26. The fourth-order valence-corrected chi connectivity index (χ4v) is 4.70. The number of nitrogens with zero attached hydrogens (tertiary/aromatic N) is 6. The van der Waals surface area contributed by atoms with Gasteiger partial charge in [0.15, 0.2) is 11.6 Å². The molecule has 0 unspecified atom stereocenters. The molecule has 1 N–H and O–H groups in total. The van der Waals surface area contributed by atoms with Gasteiger partial charge in [-0.05, 0) is 42.8 Å². The second-order valence-corrected chi connectivity index (χ2v) is 9.02. The minimum atomic E-state index is -0.593. The van der Waals surface area contributed by atoms with E-state index in [0.717, 1.165) is 16.8 Å². The summed E-state index contributed by atoms with van der Waals surface area (Å²) in [7, 11) is 0. The molecular weight excluding hydrogens is 473 g/mol.